The Morgan fingerprint density at radius 1 is 1.36 bits per heavy atom. The number of nitrogens with zero attached hydrogens (tertiary/aromatic N) is 3. The predicted molar refractivity (Wildman–Crippen MR) is 50.2 cm³/mol. The third kappa shape index (κ3) is 1.06. The summed E-state index contributed by atoms with van der Waals surface area (Å²) >= 11 is 0. The Morgan fingerprint density at radius 3 is 3.07 bits per heavy atom. The fourth-order valence-corrected chi connectivity index (χ4v) is 1.38. The van der Waals surface area contributed by atoms with E-state index in [4.69, 9.17) is 4.74 Å². The Hall–Kier alpha value is -1.91. The molecule has 2 aromatic rings. The van der Waals surface area contributed by atoms with Crippen molar-refractivity contribution in [3.05, 3.63) is 24.1 Å². The van der Waals surface area contributed by atoms with Crippen molar-refractivity contribution in [1.29, 1.82) is 0 Å². The van der Waals surface area contributed by atoms with Gasteiger partial charge in [-0.25, -0.2) is 15.0 Å². The van der Waals surface area contributed by atoms with Gasteiger partial charge in [-0.3, -0.25) is 0 Å². The molecule has 5 heteroatoms. The van der Waals surface area contributed by atoms with Crippen LogP contribution in [0, 0.1) is 0 Å². The van der Waals surface area contributed by atoms with E-state index in [1.165, 1.54) is 6.33 Å². The van der Waals surface area contributed by atoms with Crippen LogP contribution < -0.4 is 0 Å². The molecule has 3 rings (SSSR count). The van der Waals surface area contributed by atoms with Crippen molar-refractivity contribution in [3.8, 4) is 0 Å². The van der Waals surface area contributed by atoms with Gasteiger partial charge in [0.15, 0.2) is 5.65 Å². The molecule has 1 aliphatic rings. The molecule has 0 atom stereocenters. The topological polar surface area (TPSA) is 63.7 Å². The van der Waals surface area contributed by atoms with Crippen LogP contribution in [0.1, 0.15) is 12.1 Å². The van der Waals surface area contributed by atoms with Crippen LogP contribution in [0.5, 0.6) is 0 Å². The van der Waals surface area contributed by atoms with E-state index in [2.05, 4.69) is 19.9 Å². The summed E-state index contributed by atoms with van der Waals surface area (Å²) in [6.07, 6.45) is 6.03. The zero-order chi connectivity index (χ0) is 9.38. The first-order valence-electron chi connectivity index (χ1n) is 4.41. The highest BCUT2D eigenvalue weighted by Gasteiger charge is 2.11. The number of imidazole rings is 1. The van der Waals surface area contributed by atoms with Crippen LogP contribution in [0.2, 0.25) is 0 Å². The zero-order valence-electron chi connectivity index (χ0n) is 7.40. The van der Waals surface area contributed by atoms with Gasteiger partial charge in [-0.2, -0.15) is 0 Å². The minimum Gasteiger partial charge on any atom is -0.497 e. The first-order valence-corrected chi connectivity index (χ1v) is 4.41. The third-order valence-electron chi connectivity index (χ3n) is 2.19. The van der Waals surface area contributed by atoms with Gasteiger partial charge in [-0.15, -0.1) is 0 Å². The molecule has 0 spiro atoms. The van der Waals surface area contributed by atoms with Crippen LogP contribution in [0.3, 0.4) is 0 Å². The number of H-pyrrole nitrogens is 1. The maximum Gasteiger partial charge on any atom is 0.181 e. The van der Waals surface area contributed by atoms with Crippen molar-refractivity contribution in [1.82, 2.24) is 19.9 Å². The van der Waals surface area contributed by atoms with Crippen LogP contribution in [0.4, 0.5) is 0 Å². The zero-order valence-corrected chi connectivity index (χ0v) is 7.40. The highest BCUT2D eigenvalue weighted by Crippen LogP contribution is 2.20. The number of nitrogens with one attached hydrogen (secondary N) is 1. The van der Waals surface area contributed by atoms with Gasteiger partial charge in [-0.05, 0) is 0 Å². The fourth-order valence-electron chi connectivity index (χ4n) is 1.38. The van der Waals surface area contributed by atoms with Crippen LogP contribution in [-0.4, -0.2) is 26.5 Å². The first kappa shape index (κ1) is 7.49. The van der Waals surface area contributed by atoms with E-state index in [-0.39, 0.29) is 0 Å². The molecular formula is C9H8N4O. The van der Waals surface area contributed by atoms with Crippen molar-refractivity contribution >= 4 is 17.2 Å². The maximum absolute atomic E-state index is 5.23. The van der Waals surface area contributed by atoms with Gasteiger partial charge in [0.05, 0.1) is 18.6 Å². The molecular weight excluding hydrogens is 180 g/mol. The molecule has 0 aromatic carbocycles. The lowest BCUT2D eigenvalue weighted by molar-refractivity contribution is 0.122. The van der Waals surface area contributed by atoms with E-state index in [0.717, 1.165) is 30.0 Å². The number of hydrogen-bond donors (Lipinski definition) is 1. The van der Waals surface area contributed by atoms with E-state index < -0.39 is 0 Å². The summed E-state index contributed by atoms with van der Waals surface area (Å²) in [5.41, 5.74) is 2.38. The summed E-state index contributed by atoms with van der Waals surface area (Å²) in [6, 6.07) is 0. The largest absolute Gasteiger partial charge is 0.497 e. The van der Waals surface area contributed by atoms with Crippen LogP contribution >= 0.6 is 0 Å². The summed E-state index contributed by atoms with van der Waals surface area (Å²) in [5.74, 6) is 0.972. The van der Waals surface area contributed by atoms with Gasteiger partial charge in [0, 0.05) is 12.5 Å². The number of rotatable bonds is 1. The standard InChI is InChI=1S/C9H8N4O/c1-2-14-6(1)3-7-8-9(12-4-10-7)13-5-11-8/h3-5H,1-2H2,(H,10,11,12,13)/b6-3+. The fraction of sp³-hybridized carbons (Fsp3) is 0.222. The Labute approximate surface area is 79.9 Å². The molecule has 0 saturated carbocycles. The van der Waals surface area contributed by atoms with Gasteiger partial charge in [-0.1, -0.05) is 0 Å². The van der Waals surface area contributed by atoms with Crippen molar-refractivity contribution in [3.63, 3.8) is 0 Å². The van der Waals surface area contributed by atoms with E-state index in [0.29, 0.717) is 5.65 Å². The second kappa shape index (κ2) is 2.80. The molecule has 1 N–H and O–H groups in total. The average molecular weight is 188 g/mol. The third-order valence-corrected chi connectivity index (χ3v) is 2.19. The second-order valence-corrected chi connectivity index (χ2v) is 3.07. The summed E-state index contributed by atoms with van der Waals surface area (Å²) in [5, 5.41) is 0. The molecule has 1 aliphatic heterocycles. The molecule has 14 heavy (non-hydrogen) atoms. The Kier molecular flexibility index (Phi) is 1.50. The number of hydrogen-bond acceptors (Lipinski definition) is 4. The molecule has 0 aliphatic carbocycles. The molecule has 70 valence electrons. The molecule has 1 saturated heterocycles. The highest BCUT2D eigenvalue weighted by atomic mass is 16.5. The number of ether oxygens (including phenoxy) is 1. The minimum absolute atomic E-state index is 0.686. The summed E-state index contributed by atoms with van der Waals surface area (Å²) < 4.78 is 5.23. The lowest BCUT2D eigenvalue weighted by Gasteiger charge is -2.18. The molecule has 2 aromatic heterocycles. The van der Waals surface area contributed by atoms with Crippen LogP contribution in [0.25, 0.3) is 17.2 Å². The second-order valence-electron chi connectivity index (χ2n) is 3.07. The molecule has 0 amide bonds. The molecule has 5 nitrogen and oxygen atoms in total. The van der Waals surface area contributed by atoms with Crippen molar-refractivity contribution < 1.29 is 4.74 Å². The minimum atomic E-state index is 0.686. The quantitative estimate of drug-likeness (QED) is 0.728. The summed E-state index contributed by atoms with van der Waals surface area (Å²) in [4.78, 5) is 15.3. The molecule has 1 fully saturated rings. The summed E-state index contributed by atoms with van der Waals surface area (Å²) in [7, 11) is 0. The van der Waals surface area contributed by atoms with Crippen molar-refractivity contribution in [2.45, 2.75) is 6.42 Å². The SMILES string of the molecule is C(=C1/CCO1)/c1ncnc2nc[nH]c12. The molecule has 0 unspecified atom stereocenters. The monoisotopic (exact) mass is 188 g/mol. The molecule has 0 radical (unpaired) electrons. The lowest BCUT2D eigenvalue weighted by Crippen LogP contribution is -2.08. The van der Waals surface area contributed by atoms with Crippen LogP contribution in [-0.2, 0) is 4.74 Å². The highest BCUT2D eigenvalue weighted by molar-refractivity contribution is 5.79. The van der Waals surface area contributed by atoms with Gasteiger partial charge >= 0.3 is 0 Å². The predicted octanol–water partition coefficient (Wildman–Crippen LogP) is 1.11. The van der Waals surface area contributed by atoms with Gasteiger partial charge in [0.2, 0.25) is 0 Å². The Bertz CT molecular complexity index is 496. The van der Waals surface area contributed by atoms with Crippen LogP contribution in [0.15, 0.2) is 18.4 Å². The van der Waals surface area contributed by atoms with Crippen molar-refractivity contribution in [2.24, 2.45) is 0 Å². The van der Waals surface area contributed by atoms with Gasteiger partial charge in [0.1, 0.15) is 17.6 Å². The van der Waals surface area contributed by atoms with Crippen molar-refractivity contribution in [2.75, 3.05) is 6.61 Å². The Morgan fingerprint density at radius 2 is 2.29 bits per heavy atom. The summed E-state index contributed by atoms with van der Waals surface area (Å²) in [6.45, 7) is 0.809. The maximum atomic E-state index is 5.23. The van der Waals surface area contributed by atoms with Gasteiger partial charge < -0.3 is 9.72 Å². The number of aromatic amines is 1. The van der Waals surface area contributed by atoms with E-state index >= 15 is 0 Å². The lowest BCUT2D eigenvalue weighted by atomic mass is 10.2. The smallest absolute Gasteiger partial charge is 0.181 e. The average Bonchev–Trinajstić information content (AvgIpc) is 2.59. The molecule has 3 heterocycles. The van der Waals surface area contributed by atoms with E-state index in [9.17, 15) is 0 Å². The van der Waals surface area contributed by atoms with E-state index in [1.54, 1.807) is 6.33 Å². The first-order chi connectivity index (χ1) is 6.93. The Balaban J connectivity index is 2.15. The normalized spacial score (nSPS) is 18.1. The molecule has 0 bridgehead atoms. The van der Waals surface area contributed by atoms with E-state index in [1.807, 2.05) is 6.08 Å². The number of aromatic nitrogens is 4. The number of fused-ring (bicyclic) bond motifs is 1. The van der Waals surface area contributed by atoms with Gasteiger partial charge in [0.25, 0.3) is 0 Å².